The first-order chi connectivity index (χ1) is 8.77. The summed E-state index contributed by atoms with van der Waals surface area (Å²) in [5, 5.41) is 3.82. The van der Waals surface area contributed by atoms with Crippen LogP contribution in [0.25, 0.3) is 0 Å². The molecule has 18 heavy (non-hydrogen) atoms. The van der Waals surface area contributed by atoms with E-state index >= 15 is 0 Å². The third-order valence-corrected chi connectivity index (χ3v) is 4.24. The predicted molar refractivity (Wildman–Crippen MR) is 69.7 cm³/mol. The molecule has 2 saturated heterocycles. The molecule has 96 valence electrons. The van der Waals surface area contributed by atoms with E-state index in [0.717, 1.165) is 26.1 Å². The van der Waals surface area contributed by atoms with Crippen molar-refractivity contribution in [2.45, 2.75) is 18.9 Å². The zero-order valence-corrected chi connectivity index (χ0v) is 10.9. The van der Waals surface area contributed by atoms with E-state index in [1.807, 2.05) is 4.90 Å². The fraction of sp³-hybridized carbons (Fsp3) is 0.538. The van der Waals surface area contributed by atoms with Gasteiger partial charge in [-0.15, -0.1) is 0 Å². The highest BCUT2D eigenvalue weighted by molar-refractivity contribution is 6.33. The van der Waals surface area contributed by atoms with Gasteiger partial charge in [0.05, 0.1) is 10.6 Å². The van der Waals surface area contributed by atoms with Crippen LogP contribution in [0.15, 0.2) is 18.5 Å². The number of carbonyl (C=O) groups excluding carboxylic acids is 1. The average molecular weight is 266 g/mol. The van der Waals surface area contributed by atoms with Gasteiger partial charge in [-0.3, -0.25) is 9.78 Å². The Bertz CT molecular complexity index is 465. The third-order valence-electron chi connectivity index (χ3n) is 3.94. The summed E-state index contributed by atoms with van der Waals surface area (Å²) in [5.74, 6) is 0.643. The lowest BCUT2D eigenvalue weighted by Crippen LogP contribution is -2.48. The van der Waals surface area contributed by atoms with Crippen LogP contribution in [0, 0.1) is 5.92 Å². The normalized spacial score (nSPS) is 27.1. The second-order valence-electron chi connectivity index (χ2n) is 4.98. The highest BCUT2D eigenvalue weighted by Gasteiger charge is 2.37. The number of hydrogen-bond acceptors (Lipinski definition) is 3. The quantitative estimate of drug-likeness (QED) is 0.838. The number of amides is 1. The molecule has 3 heterocycles. The molecule has 2 aliphatic heterocycles. The van der Waals surface area contributed by atoms with Crippen molar-refractivity contribution in [2.75, 3.05) is 19.6 Å². The first-order valence-electron chi connectivity index (χ1n) is 6.38. The summed E-state index contributed by atoms with van der Waals surface area (Å²) in [4.78, 5) is 18.5. The summed E-state index contributed by atoms with van der Waals surface area (Å²) in [5.41, 5.74) is 0.569. The van der Waals surface area contributed by atoms with Gasteiger partial charge in [-0.1, -0.05) is 11.6 Å². The van der Waals surface area contributed by atoms with Crippen LogP contribution in [0.4, 0.5) is 0 Å². The number of pyridine rings is 1. The van der Waals surface area contributed by atoms with Crippen molar-refractivity contribution in [1.82, 2.24) is 15.2 Å². The van der Waals surface area contributed by atoms with E-state index < -0.39 is 0 Å². The topological polar surface area (TPSA) is 45.2 Å². The van der Waals surface area contributed by atoms with Crippen molar-refractivity contribution < 1.29 is 4.79 Å². The fourth-order valence-electron chi connectivity index (χ4n) is 3.02. The van der Waals surface area contributed by atoms with E-state index in [9.17, 15) is 4.79 Å². The molecule has 0 saturated carbocycles. The molecule has 1 N–H and O–H groups in total. The lowest BCUT2D eigenvalue weighted by atomic mass is 9.91. The third kappa shape index (κ3) is 1.99. The zero-order valence-electron chi connectivity index (χ0n) is 10.1. The first kappa shape index (κ1) is 11.9. The second-order valence-corrected chi connectivity index (χ2v) is 5.39. The van der Waals surface area contributed by atoms with Gasteiger partial charge in [-0.25, -0.2) is 0 Å². The van der Waals surface area contributed by atoms with Gasteiger partial charge in [0, 0.05) is 38.1 Å². The fourth-order valence-corrected chi connectivity index (χ4v) is 3.22. The zero-order chi connectivity index (χ0) is 12.5. The van der Waals surface area contributed by atoms with Gasteiger partial charge in [0.1, 0.15) is 0 Å². The highest BCUT2D eigenvalue weighted by atomic mass is 35.5. The van der Waals surface area contributed by atoms with E-state index in [1.54, 1.807) is 12.3 Å². The van der Waals surface area contributed by atoms with Crippen LogP contribution in [0.2, 0.25) is 5.02 Å². The van der Waals surface area contributed by atoms with Gasteiger partial charge < -0.3 is 10.2 Å². The second kappa shape index (κ2) is 4.86. The summed E-state index contributed by atoms with van der Waals surface area (Å²) in [6.45, 7) is 2.76. The molecular weight excluding hydrogens is 250 g/mol. The smallest absolute Gasteiger partial charge is 0.255 e. The van der Waals surface area contributed by atoms with Gasteiger partial charge >= 0.3 is 0 Å². The first-order valence-corrected chi connectivity index (χ1v) is 6.76. The van der Waals surface area contributed by atoms with E-state index in [0.29, 0.717) is 22.5 Å². The van der Waals surface area contributed by atoms with Crippen molar-refractivity contribution in [3.63, 3.8) is 0 Å². The number of fused-ring (bicyclic) bond motifs is 1. The Morgan fingerprint density at radius 2 is 2.39 bits per heavy atom. The van der Waals surface area contributed by atoms with Crippen molar-refractivity contribution in [1.29, 1.82) is 0 Å². The number of carbonyl (C=O) groups is 1. The molecule has 5 heteroatoms. The van der Waals surface area contributed by atoms with Crippen molar-refractivity contribution in [3.8, 4) is 0 Å². The van der Waals surface area contributed by atoms with Crippen LogP contribution in [0.1, 0.15) is 23.2 Å². The molecule has 1 aromatic rings. The van der Waals surface area contributed by atoms with Gasteiger partial charge in [-0.05, 0) is 24.8 Å². The largest absolute Gasteiger partial charge is 0.334 e. The number of nitrogens with one attached hydrogen (secondary N) is 1. The van der Waals surface area contributed by atoms with Crippen LogP contribution in [0.3, 0.4) is 0 Å². The Balaban J connectivity index is 1.86. The summed E-state index contributed by atoms with van der Waals surface area (Å²) in [7, 11) is 0. The molecule has 0 radical (unpaired) electrons. The van der Waals surface area contributed by atoms with Gasteiger partial charge in [-0.2, -0.15) is 0 Å². The number of nitrogens with zero attached hydrogens (tertiary/aromatic N) is 2. The van der Waals surface area contributed by atoms with Crippen LogP contribution in [0.5, 0.6) is 0 Å². The molecular formula is C13H16ClN3O. The van der Waals surface area contributed by atoms with E-state index in [-0.39, 0.29) is 5.91 Å². The maximum atomic E-state index is 12.5. The Morgan fingerprint density at radius 3 is 3.22 bits per heavy atom. The minimum Gasteiger partial charge on any atom is -0.334 e. The van der Waals surface area contributed by atoms with Gasteiger partial charge in [0.2, 0.25) is 0 Å². The minimum atomic E-state index is 0.0424. The molecule has 3 rings (SSSR count). The molecule has 0 spiro atoms. The van der Waals surface area contributed by atoms with Gasteiger partial charge in [0.25, 0.3) is 5.91 Å². The molecule has 1 amide bonds. The minimum absolute atomic E-state index is 0.0424. The Kier molecular flexibility index (Phi) is 3.22. The maximum Gasteiger partial charge on any atom is 0.255 e. The van der Waals surface area contributed by atoms with Crippen LogP contribution in [-0.2, 0) is 0 Å². The molecule has 0 aromatic carbocycles. The van der Waals surface area contributed by atoms with E-state index in [4.69, 9.17) is 11.6 Å². The number of halogens is 1. The van der Waals surface area contributed by atoms with Gasteiger partial charge in [0.15, 0.2) is 0 Å². The number of piperidine rings is 1. The highest BCUT2D eigenvalue weighted by Crippen LogP contribution is 2.28. The van der Waals surface area contributed by atoms with E-state index in [1.165, 1.54) is 12.6 Å². The molecule has 2 atom stereocenters. The van der Waals surface area contributed by atoms with Crippen LogP contribution >= 0.6 is 11.6 Å². The lowest BCUT2D eigenvalue weighted by molar-refractivity contribution is 0.0575. The number of aromatic nitrogens is 1. The molecule has 1 aromatic heterocycles. The predicted octanol–water partition coefficient (Wildman–Crippen LogP) is 1.56. The summed E-state index contributed by atoms with van der Waals surface area (Å²) >= 11 is 6.06. The number of likely N-dealkylation sites (tertiary alicyclic amines) is 1. The summed E-state index contributed by atoms with van der Waals surface area (Å²) < 4.78 is 0. The maximum absolute atomic E-state index is 12.5. The Labute approximate surface area is 111 Å². The van der Waals surface area contributed by atoms with Crippen molar-refractivity contribution in [3.05, 3.63) is 29.0 Å². The lowest BCUT2D eigenvalue weighted by Gasteiger charge is -2.37. The number of hydrogen-bond donors (Lipinski definition) is 1. The monoisotopic (exact) mass is 265 g/mol. The molecule has 4 nitrogen and oxygen atoms in total. The van der Waals surface area contributed by atoms with Crippen LogP contribution in [-0.4, -0.2) is 41.5 Å². The van der Waals surface area contributed by atoms with Crippen molar-refractivity contribution >= 4 is 17.5 Å². The Hall–Kier alpha value is -1.13. The summed E-state index contributed by atoms with van der Waals surface area (Å²) in [6, 6.07) is 2.03. The molecule has 2 fully saturated rings. The molecule has 0 aliphatic carbocycles. The molecule has 2 aliphatic rings. The Morgan fingerprint density at radius 1 is 1.50 bits per heavy atom. The van der Waals surface area contributed by atoms with Crippen LogP contribution < -0.4 is 5.32 Å². The molecule has 0 bridgehead atoms. The average Bonchev–Trinajstić information content (AvgIpc) is 2.86. The standard InChI is InChI=1S/C13H16ClN3O/c14-11-7-15-4-3-10(11)13(18)17-5-1-2-9-6-16-8-12(9)17/h3-4,7,9,12,16H,1-2,5-6,8H2. The van der Waals surface area contributed by atoms with Crippen molar-refractivity contribution in [2.24, 2.45) is 5.92 Å². The number of rotatable bonds is 1. The molecule has 2 unspecified atom stereocenters. The van der Waals surface area contributed by atoms with E-state index in [2.05, 4.69) is 10.3 Å². The SMILES string of the molecule is O=C(c1ccncc1Cl)N1CCCC2CNCC21. The summed E-state index contributed by atoms with van der Waals surface area (Å²) in [6.07, 6.45) is 5.44.